The van der Waals surface area contributed by atoms with Gasteiger partial charge in [-0.1, -0.05) is 6.08 Å². The van der Waals surface area contributed by atoms with Crippen molar-refractivity contribution in [2.75, 3.05) is 0 Å². The van der Waals surface area contributed by atoms with E-state index in [4.69, 9.17) is 5.73 Å². The maximum Gasteiger partial charge on any atom is 0.194 e. The molecule has 0 aromatic carbocycles. The molecule has 0 aliphatic heterocycles. The van der Waals surface area contributed by atoms with E-state index in [1.807, 2.05) is 6.08 Å². The van der Waals surface area contributed by atoms with Crippen LogP contribution in [0.5, 0.6) is 0 Å². The zero-order valence-corrected chi connectivity index (χ0v) is 10.7. The summed E-state index contributed by atoms with van der Waals surface area (Å²) in [6.07, 6.45) is 0.366. The molecule has 0 spiro atoms. The van der Waals surface area contributed by atoms with E-state index in [1.54, 1.807) is 0 Å². The van der Waals surface area contributed by atoms with Crippen molar-refractivity contribution in [2.45, 2.75) is 43.4 Å². The number of hydrogen-bond donors (Lipinski definition) is 5. The number of fused-ring (bicyclic) bond motifs is 1. The van der Waals surface area contributed by atoms with Crippen LogP contribution in [0.1, 0.15) is 30.9 Å². The van der Waals surface area contributed by atoms with Crippen LogP contribution in [0.4, 0.5) is 0 Å². The molecule has 8 nitrogen and oxygen atoms in total. The Hall–Kier alpha value is -1.32. The molecule has 1 heterocycles. The lowest BCUT2D eigenvalue weighted by molar-refractivity contribution is -0.00489. The van der Waals surface area contributed by atoms with Gasteiger partial charge in [0.1, 0.15) is 18.5 Å². The highest BCUT2D eigenvalue weighted by atomic mass is 16.3. The number of aliphatic hydroxyl groups is 4. The van der Waals surface area contributed by atoms with Crippen molar-refractivity contribution in [3.8, 4) is 0 Å². The van der Waals surface area contributed by atoms with Crippen LogP contribution in [0, 0.1) is 5.92 Å². The third-order valence-corrected chi connectivity index (χ3v) is 4.08. The van der Waals surface area contributed by atoms with E-state index in [9.17, 15) is 20.4 Å². The summed E-state index contributed by atoms with van der Waals surface area (Å²) in [5, 5.41) is 43.3. The van der Waals surface area contributed by atoms with E-state index in [0.717, 1.165) is 5.57 Å². The van der Waals surface area contributed by atoms with Crippen molar-refractivity contribution >= 4 is 0 Å². The van der Waals surface area contributed by atoms with Crippen molar-refractivity contribution in [3.63, 3.8) is 0 Å². The summed E-state index contributed by atoms with van der Waals surface area (Å²) >= 11 is 0. The number of nitrogens with two attached hydrogens (primary N) is 1. The molecule has 0 radical (unpaired) electrons. The van der Waals surface area contributed by atoms with E-state index in [1.165, 1.54) is 11.0 Å². The van der Waals surface area contributed by atoms with Crippen molar-refractivity contribution in [3.05, 3.63) is 23.8 Å². The van der Waals surface area contributed by atoms with Gasteiger partial charge in [-0.2, -0.15) is 5.10 Å². The first-order chi connectivity index (χ1) is 9.49. The van der Waals surface area contributed by atoms with Gasteiger partial charge in [-0.3, -0.25) is 5.73 Å². The second-order valence-corrected chi connectivity index (χ2v) is 5.39. The molecule has 8 heteroatoms. The van der Waals surface area contributed by atoms with Gasteiger partial charge in [-0.05, 0) is 18.4 Å². The monoisotopic (exact) mass is 282 g/mol. The van der Waals surface area contributed by atoms with Crippen LogP contribution >= 0.6 is 0 Å². The molecule has 1 saturated carbocycles. The standard InChI is InChI=1S/C12H18N4O4/c13-11(20)12-14-4-16(15-12)8-6-2-1-5(17)3-7(6)9(18)10(8)19/h2,4-5,7-11,17-20H,1,3,13H2/t5-,7+,8-,9-,10+,11?/m1/s1. The van der Waals surface area contributed by atoms with Crippen molar-refractivity contribution in [1.29, 1.82) is 0 Å². The molecule has 6 atom stereocenters. The van der Waals surface area contributed by atoms with Gasteiger partial charge in [0.15, 0.2) is 12.1 Å². The average molecular weight is 282 g/mol. The third-order valence-electron chi connectivity index (χ3n) is 4.08. The molecule has 2 aliphatic rings. The number of aromatic nitrogens is 3. The first-order valence-corrected chi connectivity index (χ1v) is 6.58. The number of hydrogen-bond acceptors (Lipinski definition) is 7. The Morgan fingerprint density at radius 3 is 2.70 bits per heavy atom. The van der Waals surface area contributed by atoms with Gasteiger partial charge in [-0.25, -0.2) is 9.67 Å². The lowest BCUT2D eigenvalue weighted by atomic mass is 9.86. The SMILES string of the molecule is NC(O)c1ncn([C@@H]2C3=CC[C@@H](O)C[C@@H]3[C@@H](O)[C@H]2O)n1. The number of rotatable bonds is 2. The Kier molecular flexibility index (Phi) is 3.35. The molecule has 3 rings (SSSR count). The summed E-state index contributed by atoms with van der Waals surface area (Å²) in [4.78, 5) is 3.88. The predicted molar refractivity (Wildman–Crippen MR) is 67.0 cm³/mol. The van der Waals surface area contributed by atoms with E-state index < -0.39 is 30.6 Å². The quantitative estimate of drug-likeness (QED) is 0.319. The lowest BCUT2D eigenvalue weighted by Crippen LogP contribution is -2.31. The maximum absolute atomic E-state index is 10.2. The van der Waals surface area contributed by atoms with Crippen molar-refractivity contribution < 1.29 is 20.4 Å². The van der Waals surface area contributed by atoms with Gasteiger partial charge in [0.25, 0.3) is 0 Å². The summed E-state index contributed by atoms with van der Waals surface area (Å²) in [6, 6.07) is -0.539. The molecule has 6 N–H and O–H groups in total. The van der Waals surface area contributed by atoms with Gasteiger partial charge in [-0.15, -0.1) is 0 Å². The minimum absolute atomic E-state index is 0.0617. The zero-order valence-electron chi connectivity index (χ0n) is 10.7. The molecule has 2 aliphatic carbocycles. The molecule has 0 amide bonds. The maximum atomic E-state index is 10.2. The number of aliphatic hydroxyl groups excluding tert-OH is 4. The van der Waals surface area contributed by atoms with E-state index in [-0.39, 0.29) is 11.7 Å². The minimum atomic E-state index is -1.28. The fraction of sp³-hybridized carbons (Fsp3) is 0.667. The molecule has 1 aromatic heterocycles. The highest BCUT2D eigenvalue weighted by Gasteiger charge is 2.48. The Morgan fingerprint density at radius 2 is 2.05 bits per heavy atom. The van der Waals surface area contributed by atoms with Crippen LogP contribution in [0.2, 0.25) is 0 Å². The van der Waals surface area contributed by atoms with Crippen molar-refractivity contribution in [1.82, 2.24) is 14.8 Å². The molecule has 20 heavy (non-hydrogen) atoms. The first kappa shape index (κ1) is 13.7. The predicted octanol–water partition coefficient (Wildman–Crippen LogP) is -1.80. The van der Waals surface area contributed by atoms with Crippen LogP contribution < -0.4 is 5.73 Å². The fourth-order valence-corrected chi connectivity index (χ4v) is 3.11. The van der Waals surface area contributed by atoms with E-state index in [2.05, 4.69) is 10.1 Å². The normalized spacial score (nSPS) is 38.5. The second kappa shape index (κ2) is 4.90. The molecule has 110 valence electrons. The highest BCUT2D eigenvalue weighted by Crippen LogP contribution is 2.45. The fourth-order valence-electron chi connectivity index (χ4n) is 3.11. The van der Waals surface area contributed by atoms with E-state index in [0.29, 0.717) is 12.8 Å². The summed E-state index contributed by atoms with van der Waals surface area (Å²) in [6.45, 7) is 0. The smallest absolute Gasteiger partial charge is 0.194 e. The van der Waals surface area contributed by atoms with Gasteiger partial charge in [0, 0.05) is 5.92 Å². The van der Waals surface area contributed by atoms with Gasteiger partial charge in [0.2, 0.25) is 0 Å². The summed E-state index contributed by atoms with van der Waals surface area (Å²) in [5.41, 5.74) is 6.14. The Balaban J connectivity index is 1.95. The lowest BCUT2D eigenvalue weighted by Gasteiger charge is -2.25. The summed E-state index contributed by atoms with van der Waals surface area (Å²) in [7, 11) is 0. The van der Waals surface area contributed by atoms with Gasteiger partial charge < -0.3 is 20.4 Å². The Bertz CT molecular complexity index is 529. The van der Waals surface area contributed by atoms with Crippen LogP contribution in [-0.4, -0.2) is 53.5 Å². The molecule has 1 unspecified atom stereocenters. The topological polar surface area (TPSA) is 138 Å². The molecule has 0 bridgehead atoms. The molecule has 0 saturated heterocycles. The second-order valence-electron chi connectivity index (χ2n) is 5.39. The largest absolute Gasteiger partial charge is 0.393 e. The Morgan fingerprint density at radius 1 is 1.30 bits per heavy atom. The molecular formula is C12H18N4O4. The van der Waals surface area contributed by atoms with Gasteiger partial charge >= 0.3 is 0 Å². The van der Waals surface area contributed by atoms with Crippen LogP contribution in [-0.2, 0) is 0 Å². The van der Waals surface area contributed by atoms with Gasteiger partial charge in [0.05, 0.1) is 12.2 Å². The third kappa shape index (κ3) is 2.05. The first-order valence-electron chi connectivity index (χ1n) is 6.58. The van der Waals surface area contributed by atoms with Crippen LogP contribution in [0.25, 0.3) is 0 Å². The average Bonchev–Trinajstić information content (AvgIpc) is 2.96. The van der Waals surface area contributed by atoms with Crippen LogP contribution in [0.3, 0.4) is 0 Å². The van der Waals surface area contributed by atoms with E-state index >= 15 is 0 Å². The molecular weight excluding hydrogens is 264 g/mol. The van der Waals surface area contributed by atoms with Crippen LogP contribution in [0.15, 0.2) is 18.0 Å². The minimum Gasteiger partial charge on any atom is -0.393 e. The summed E-state index contributed by atoms with van der Waals surface area (Å²) in [5.74, 6) is -0.221. The zero-order chi connectivity index (χ0) is 14.4. The Labute approximate surface area is 115 Å². The highest BCUT2D eigenvalue weighted by molar-refractivity contribution is 5.27. The molecule has 1 fully saturated rings. The molecule has 1 aromatic rings. The number of nitrogens with zero attached hydrogens (tertiary/aromatic N) is 3. The summed E-state index contributed by atoms with van der Waals surface area (Å²) < 4.78 is 1.41. The van der Waals surface area contributed by atoms with Crippen molar-refractivity contribution in [2.24, 2.45) is 11.7 Å².